The third-order valence-electron chi connectivity index (χ3n) is 7.10. The molecule has 6 atom stereocenters. The van der Waals surface area contributed by atoms with Crippen molar-refractivity contribution in [3.8, 4) is 11.6 Å². The number of hydrogen-bond donors (Lipinski definition) is 4. The number of nitrogens with one attached hydrogen (secondary N) is 1. The van der Waals surface area contributed by atoms with Crippen molar-refractivity contribution in [1.29, 1.82) is 0 Å². The van der Waals surface area contributed by atoms with E-state index in [0.29, 0.717) is 9.22 Å². The van der Waals surface area contributed by atoms with Crippen LogP contribution in [0.15, 0.2) is 42.5 Å². The number of carbonyl (C=O) groups excluding carboxylic acids is 1. The summed E-state index contributed by atoms with van der Waals surface area (Å²) in [6.07, 6.45) is -4.40. The van der Waals surface area contributed by atoms with Crippen molar-refractivity contribution in [3.63, 3.8) is 0 Å². The molecule has 2 aromatic heterocycles. The smallest absolute Gasteiger partial charge is 0.459 e. The van der Waals surface area contributed by atoms with Crippen LogP contribution in [0.3, 0.4) is 0 Å². The molecular formula is C28H34IN6O9P. The second-order valence-corrected chi connectivity index (χ2v) is 13.6. The predicted molar refractivity (Wildman–Crippen MR) is 172 cm³/mol. The van der Waals surface area contributed by atoms with Crippen LogP contribution >= 0.6 is 30.3 Å². The maximum absolute atomic E-state index is 14.3. The Morgan fingerprint density at radius 2 is 1.91 bits per heavy atom. The number of imidazole rings is 1. The SMILES string of the molecule is COc1nc(N)nc2c1nc(I)n2[C@@H]1O[C@H](COP(=O)(N[C@@H](C)C(=O)OC(C)C)Oc2cccc3ccccc23)[C@@H](O)[C@@]1(C)O. The Hall–Kier alpha value is -3.12. The molecule has 0 radical (unpaired) electrons. The summed E-state index contributed by atoms with van der Waals surface area (Å²) < 4.78 is 44.5. The average molecular weight is 756 g/mol. The second kappa shape index (κ2) is 12.9. The Balaban J connectivity index is 1.44. The molecule has 0 amide bonds. The highest BCUT2D eigenvalue weighted by Gasteiger charge is 2.55. The Morgan fingerprint density at radius 1 is 1.20 bits per heavy atom. The zero-order valence-corrected chi connectivity index (χ0v) is 28.1. The Labute approximate surface area is 272 Å². The highest BCUT2D eigenvalue weighted by atomic mass is 127. The monoisotopic (exact) mass is 756 g/mol. The molecule has 17 heteroatoms. The van der Waals surface area contributed by atoms with Gasteiger partial charge in [-0.2, -0.15) is 15.1 Å². The van der Waals surface area contributed by atoms with Crippen molar-refractivity contribution < 1.29 is 42.8 Å². The van der Waals surface area contributed by atoms with Gasteiger partial charge in [-0.25, -0.2) is 9.55 Å². The number of rotatable bonds is 11. The van der Waals surface area contributed by atoms with Crippen molar-refractivity contribution in [1.82, 2.24) is 24.6 Å². The lowest BCUT2D eigenvalue weighted by Gasteiger charge is -2.28. The number of anilines is 1. The quantitative estimate of drug-likeness (QED) is 0.0751. The van der Waals surface area contributed by atoms with Gasteiger partial charge in [0.1, 0.15) is 29.6 Å². The molecule has 1 aliphatic heterocycles. The molecule has 0 bridgehead atoms. The Morgan fingerprint density at radius 3 is 2.62 bits per heavy atom. The molecule has 0 aliphatic carbocycles. The lowest BCUT2D eigenvalue weighted by molar-refractivity contribution is -0.149. The van der Waals surface area contributed by atoms with Gasteiger partial charge in [0.15, 0.2) is 21.2 Å². The summed E-state index contributed by atoms with van der Waals surface area (Å²) in [5.41, 5.74) is 4.44. The molecule has 0 saturated carbocycles. The van der Waals surface area contributed by atoms with Gasteiger partial charge in [0.2, 0.25) is 11.8 Å². The first-order valence-corrected chi connectivity index (χ1v) is 16.6. The molecule has 45 heavy (non-hydrogen) atoms. The number of aliphatic hydroxyl groups is 2. The number of nitrogen functional groups attached to an aromatic ring is 1. The molecule has 4 aromatic rings. The fourth-order valence-electron chi connectivity index (χ4n) is 4.93. The van der Waals surface area contributed by atoms with Gasteiger partial charge in [-0.3, -0.25) is 13.9 Å². The Kier molecular flexibility index (Phi) is 9.56. The fraction of sp³-hybridized carbons (Fsp3) is 0.429. The standard InChI is InChI=1S/C28H34IN6O9P/c1-14(2)42-24(37)15(3)34-45(39,44-18-12-8-10-16-9-6-7-11-17(16)18)41-13-19-21(36)28(4,38)25(43-19)35-22-20(31-26(35)29)23(40-5)33-27(30)32-22/h6-12,14-15,19,21,25,36,38H,13H2,1-5H3,(H,34,39)(H2,30,32,33)/t15-,19+,21+,25+,28+,45?/m0/s1. The number of fused-ring (bicyclic) bond motifs is 2. The summed E-state index contributed by atoms with van der Waals surface area (Å²) in [7, 11) is -2.96. The molecule has 1 fully saturated rings. The van der Waals surface area contributed by atoms with Gasteiger partial charge in [-0.1, -0.05) is 36.4 Å². The second-order valence-electron chi connectivity index (χ2n) is 10.9. The maximum atomic E-state index is 14.3. The van der Waals surface area contributed by atoms with Crippen LogP contribution in [0.1, 0.15) is 33.9 Å². The number of nitrogens with two attached hydrogens (primary N) is 1. The lowest BCUT2D eigenvalue weighted by Crippen LogP contribution is -2.45. The molecule has 1 saturated heterocycles. The number of carbonyl (C=O) groups is 1. The normalized spacial score (nSPS) is 23.7. The minimum atomic E-state index is -4.36. The zero-order chi connectivity index (χ0) is 32.7. The van der Waals surface area contributed by atoms with Crippen LogP contribution in [-0.4, -0.2) is 79.4 Å². The third kappa shape index (κ3) is 6.72. The molecule has 5 rings (SSSR count). The fourth-order valence-corrected chi connectivity index (χ4v) is 7.18. The van der Waals surface area contributed by atoms with E-state index in [-0.39, 0.29) is 28.7 Å². The third-order valence-corrected chi connectivity index (χ3v) is 9.49. The van der Waals surface area contributed by atoms with E-state index in [2.05, 4.69) is 20.0 Å². The zero-order valence-electron chi connectivity index (χ0n) is 25.1. The van der Waals surface area contributed by atoms with Crippen LogP contribution in [-0.2, 0) is 23.4 Å². The van der Waals surface area contributed by atoms with Gasteiger partial charge in [0.05, 0.1) is 19.8 Å². The van der Waals surface area contributed by atoms with Gasteiger partial charge in [-0.05, 0) is 39.1 Å². The number of esters is 1. The number of nitrogens with zero attached hydrogens (tertiary/aromatic N) is 4. The van der Waals surface area contributed by atoms with Crippen LogP contribution in [0.25, 0.3) is 21.9 Å². The first-order chi connectivity index (χ1) is 21.2. The molecule has 1 aliphatic rings. The van der Waals surface area contributed by atoms with Gasteiger partial charge in [0.25, 0.3) is 0 Å². The number of hydrogen-bond acceptors (Lipinski definition) is 13. The molecule has 1 unspecified atom stereocenters. The topological polar surface area (TPSA) is 202 Å². The van der Waals surface area contributed by atoms with E-state index in [0.717, 1.165) is 5.39 Å². The highest BCUT2D eigenvalue weighted by molar-refractivity contribution is 14.1. The van der Waals surface area contributed by atoms with Gasteiger partial charge < -0.3 is 34.7 Å². The van der Waals surface area contributed by atoms with E-state index < -0.39 is 56.5 Å². The van der Waals surface area contributed by atoms with E-state index >= 15 is 0 Å². The minimum Gasteiger partial charge on any atom is -0.479 e. The predicted octanol–water partition coefficient (Wildman–Crippen LogP) is 3.32. The van der Waals surface area contributed by atoms with Crippen molar-refractivity contribution in [3.05, 3.63) is 46.3 Å². The number of halogens is 1. The number of methoxy groups -OCH3 is 1. The number of benzene rings is 2. The van der Waals surface area contributed by atoms with Crippen molar-refractivity contribution >= 4 is 64.2 Å². The van der Waals surface area contributed by atoms with Gasteiger partial charge in [-0.15, -0.1) is 0 Å². The van der Waals surface area contributed by atoms with Crippen LogP contribution in [0.4, 0.5) is 5.95 Å². The first kappa shape index (κ1) is 33.2. The van der Waals surface area contributed by atoms with Crippen molar-refractivity contribution in [2.75, 3.05) is 19.5 Å². The summed E-state index contributed by atoms with van der Waals surface area (Å²) in [6, 6.07) is 11.4. The molecule has 0 spiro atoms. The number of ether oxygens (including phenoxy) is 3. The van der Waals surface area contributed by atoms with Crippen LogP contribution in [0.2, 0.25) is 0 Å². The molecule has 5 N–H and O–H groups in total. The van der Waals surface area contributed by atoms with Crippen LogP contribution in [0, 0.1) is 3.83 Å². The lowest BCUT2D eigenvalue weighted by atomic mass is 9.96. The minimum absolute atomic E-state index is 0.0994. The van der Waals surface area contributed by atoms with Crippen molar-refractivity contribution in [2.24, 2.45) is 0 Å². The maximum Gasteiger partial charge on any atom is 0.459 e. The van der Waals surface area contributed by atoms with E-state index in [1.165, 1.54) is 25.5 Å². The largest absolute Gasteiger partial charge is 0.479 e. The number of aromatic nitrogens is 4. The summed E-state index contributed by atoms with van der Waals surface area (Å²) in [4.78, 5) is 25.3. The summed E-state index contributed by atoms with van der Waals surface area (Å²) in [5.74, 6) is -0.418. The van der Waals surface area contributed by atoms with E-state index in [1.54, 1.807) is 38.1 Å². The van der Waals surface area contributed by atoms with Crippen LogP contribution < -0.4 is 20.1 Å². The van der Waals surface area contributed by atoms with Gasteiger partial charge in [0, 0.05) is 28.0 Å². The first-order valence-electron chi connectivity index (χ1n) is 13.9. The average Bonchev–Trinajstić information content (AvgIpc) is 3.42. The van der Waals surface area contributed by atoms with Gasteiger partial charge >= 0.3 is 13.7 Å². The molecule has 15 nitrogen and oxygen atoms in total. The molecule has 242 valence electrons. The molecule has 2 aromatic carbocycles. The van der Waals surface area contributed by atoms with E-state index in [1.807, 2.05) is 40.8 Å². The van der Waals surface area contributed by atoms with E-state index in [4.69, 9.17) is 29.0 Å². The summed E-state index contributed by atoms with van der Waals surface area (Å²) in [5, 5.41) is 26.8. The Bertz CT molecular complexity index is 1760. The van der Waals surface area contributed by atoms with E-state index in [9.17, 15) is 19.6 Å². The summed E-state index contributed by atoms with van der Waals surface area (Å²) >= 11 is 1.92. The number of aliphatic hydroxyl groups excluding tert-OH is 1. The molecule has 3 heterocycles. The molecular weight excluding hydrogens is 722 g/mol. The van der Waals surface area contributed by atoms with Crippen LogP contribution in [0.5, 0.6) is 11.6 Å². The summed E-state index contributed by atoms with van der Waals surface area (Å²) in [6.45, 7) is 5.70. The van der Waals surface area contributed by atoms with Crippen molar-refractivity contribution in [2.45, 2.75) is 63.9 Å². The highest BCUT2D eigenvalue weighted by Crippen LogP contribution is 2.49.